The molecule has 0 aromatic heterocycles. The molecule has 1 rings (SSSR count). The summed E-state index contributed by atoms with van der Waals surface area (Å²) in [5.74, 6) is 1.07. The van der Waals surface area contributed by atoms with E-state index in [1.807, 2.05) is 18.2 Å². The number of benzene rings is 1. The SMILES string of the molecule is CCC(CC)C(CNC(C)c1ccccc1O)N(C)C. The van der Waals surface area contributed by atoms with Gasteiger partial charge in [-0.15, -0.1) is 0 Å². The highest BCUT2D eigenvalue weighted by atomic mass is 16.3. The predicted octanol–water partition coefficient (Wildman–Crippen LogP) is 3.41. The largest absolute Gasteiger partial charge is 0.508 e. The zero-order chi connectivity index (χ0) is 15.1. The lowest BCUT2D eigenvalue weighted by Gasteiger charge is -2.32. The summed E-state index contributed by atoms with van der Waals surface area (Å²) in [7, 11) is 4.30. The van der Waals surface area contributed by atoms with Crippen molar-refractivity contribution in [3.05, 3.63) is 29.8 Å². The third-order valence-electron chi connectivity index (χ3n) is 4.29. The molecule has 0 amide bonds. The normalized spacial score (nSPS) is 14.8. The number of phenolic OH excluding ortho intramolecular Hbond substituents is 1. The Kier molecular flexibility index (Phi) is 7.03. The van der Waals surface area contributed by atoms with Crippen LogP contribution in [0.2, 0.25) is 0 Å². The summed E-state index contributed by atoms with van der Waals surface area (Å²) in [4.78, 5) is 2.31. The van der Waals surface area contributed by atoms with Crippen LogP contribution in [0.25, 0.3) is 0 Å². The number of likely N-dealkylation sites (N-methyl/N-ethyl adjacent to an activating group) is 1. The van der Waals surface area contributed by atoms with Crippen molar-refractivity contribution in [1.82, 2.24) is 10.2 Å². The van der Waals surface area contributed by atoms with Crippen LogP contribution in [-0.2, 0) is 0 Å². The maximum Gasteiger partial charge on any atom is 0.120 e. The van der Waals surface area contributed by atoms with Crippen LogP contribution in [-0.4, -0.2) is 36.7 Å². The first-order chi connectivity index (χ1) is 9.51. The topological polar surface area (TPSA) is 35.5 Å². The number of hydrogen-bond acceptors (Lipinski definition) is 3. The van der Waals surface area contributed by atoms with E-state index in [1.165, 1.54) is 12.8 Å². The number of para-hydroxylation sites is 1. The molecule has 0 aliphatic carbocycles. The van der Waals surface area contributed by atoms with E-state index in [0.717, 1.165) is 12.1 Å². The lowest BCUT2D eigenvalue weighted by atomic mass is 9.93. The Balaban J connectivity index is 2.66. The molecule has 2 unspecified atom stereocenters. The van der Waals surface area contributed by atoms with Gasteiger partial charge in [0.05, 0.1) is 0 Å². The highest BCUT2D eigenvalue weighted by Crippen LogP contribution is 2.24. The van der Waals surface area contributed by atoms with Gasteiger partial charge in [-0.2, -0.15) is 0 Å². The van der Waals surface area contributed by atoms with Crippen molar-refractivity contribution in [2.24, 2.45) is 5.92 Å². The standard InChI is InChI=1S/C17H30N2O/c1-6-14(7-2)16(19(4)5)12-18-13(3)15-10-8-9-11-17(15)20/h8-11,13-14,16,18,20H,6-7,12H2,1-5H3. The summed E-state index contributed by atoms with van der Waals surface area (Å²) in [5, 5.41) is 13.5. The number of hydrogen-bond donors (Lipinski definition) is 2. The van der Waals surface area contributed by atoms with Gasteiger partial charge in [0.1, 0.15) is 5.75 Å². The van der Waals surface area contributed by atoms with Crippen molar-refractivity contribution in [3.63, 3.8) is 0 Å². The second-order valence-corrected chi connectivity index (χ2v) is 5.80. The molecule has 20 heavy (non-hydrogen) atoms. The molecule has 1 aromatic carbocycles. The second kappa shape index (κ2) is 8.28. The van der Waals surface area contributed by atoms with Crippen LogP contribution >= 0.6 is 0 Å². The fourth-order valence-electron chi connectivity index (χ4n) is 2.86. The summed E-state index contributed by atoms with van der Waals surface area (Å²) >= 11 is 0. The first-order valence-corrected chi connectivity index (χ1v) is 7.68. The lowest BCUT2D eigenvalue weighted by Crippen LogP contribution is -2.43. The van der Waals surface area contributed by atoms with E-state index in [-0.39, 0.29) is 6.04 Å². The van der Waals surface area contributed by atoms with Crippen LogP contribution in [0.3, 0.4) is 0 Å². The number of nitrogens with zero attached hydrogens (tertiary/aromatic N) is 1. The highest BCUT2D eigenvalue weighted by molar-refractivity contribution is 5.34. The quantitative estimate of drug-likeness (QED) is 0.765. The number of phenols is 1. The smallest absolute Gasteiger partial charge is 0.120 e. The lowest BCUT2D eigenvalue weighted by molar-refractivity contribution is 0.190. The molecule has 0 fully saturated rings. The van der Waals surface area contributed by atoms with Crippen molar-refractivity contribution >= 4 is 0 Å². The Hall–Kier alpha value is -1.06. The molecular formula is C17H30N2O. The Labute approximate surface area is 124 Å². The maximum atomic E-state index is 9.91. The van der Waals surface area contributed by atoms with Crippen LogP contribution in [0.1, 0.15) is 45.2 Å². The van der Waals surface area contributed by atoms with Crippen LogP contribution in [0, 0.1) is 5.92 Å². The minimum Gasteiger partial charge on any atom is -0.508 e. The van der Waals surface area contributed by atoms with Gasteiger partial charge >= 0.3 is 0 Å². The second-order valence-electron chi connectivity index (χ2n) is 5.80. The molecule has 0 heterocycles. The van der Waals surface area contributed by atoms with E-state index < -0.39 is 0 Å². The summed E-state index contributed by atoms with van der Waals surface area (Å²) in [5.41, 5.74) is 0.967. The van der Waals surface area contributed by atoms with E-state index >= 15 is 0 Å². The van der Waals surface area contributed by atoms with Gasteiger partial charge in [-0.3, -0.25) is 0 Å². The summed E-state index contributed by atoms with van der Waals surface area (Å²) in [6.07, 6.45) is 2.40. The Morgan fingerprint density at radius 1 is 1.15 bits per heavy atom. The zero-order valence-electron chi connectivity index (χ0n) is 13.6. The summed E-state index contributed by atoms with van der Waals surface area (Å²) in [6.45, 7) is 7.57. The molecule has 0 spiro atoms. The van der Waals surface area contributed by atoms with Gasteiger partial charge < -0.3 is 15.3 Å². The molecule has 1 aromatic rings. The van der Waals surface area contributed by atoms with Crippen molar-refractivity contribution in [3.8, 4) is 5.75 Å². The van der Waals surface area contributed by atoms with Gasteiger partial charge in [0.2, 0.25) is 0 Å². The average molecular weight is 278 g/mol. The first-order valence-electron chi connectivity index (χ1n) is 7.68. The maximum absolute atomic E-state index is 9.91. The Morgan fingerprint density at radius 2 is 1.75 bits per heavy atom. The van der Waals surface area contributed by atoms with Gasteiger partial charge in [-0.25, -0.2) is 0 Å². The van der Waals surface area contributed by atoms with E-state index in [0.29, 0.717) is 17.7 Å². The fourth-order valence-corrected chi connectivity index (χ4v) is 2.86. The molecule has 2 atom stereocenters. The van der Waals surface area contributed by atoms with E-state index in [4.69, 9.17) is 0 Å². The molecule has 2 N–H and O–H groups in total. The van der Waals surface area contributed by atoms with E-state index in [2.05, 4.69) is 45.1 Å². The molecule has 0 saturated carbocycles. The third kappa shape index (κ3) is 4.50. The Morgan fingerprint density at radius 3 is 2.25 bits per heavy atom. The van der Waals surface area contributed by atoms with Crippen molar-refractivity contribution in [1.29, 1.82) is 0 Å². The first kappa shape index (κ1) is 17.0. The highest BCUT2D eigenvalue weighted by Gasteiger charge is 2.21. The molecule has 3 nitrogen and oxygen atoms in total. The minimum absolute atomic E-state index is 0.160. The fraction of sp³-hybridized carbons (Fsp3) is 0.647. The van der Waals surface area contributed by atoms with E-state index in [1.54, 1.807) is 6.07 Å². The van der Waals surface area contributed by atoms with Gasteiger partial charge in [-0.1, -0.05) is 44.9 Å². The molecule has 0 bridgehead atoms. The summed E-state index contributed by atoms with van der Waals surface area (Å²) < 4.78 is 0. The molecule has 0 saturated heterocycles. The summed E-state index contributed by atoms with van der Waals surface area (Å²) in [6, 6.07) is 8.24. The number of rotatable bonds is 8. The molecule has 0 radical (unpaired) electrons. The van der Waals surface area contributed by atoms with Gasteiger partial charge in [0.25, 0.3) is 0 Å². The molecule has 3 heteroatoms. The van der Waals surface area contributed by atoms with Gasteiger partial charge in [-0.05, 0) is 33.0 Å². The van der Waals surface area contributed by atoms with E-state index in [9.17, 15) is 5.11 Å². The Bertz CT molecular complexity index is 388. The van der Waals surface area contributed by atoms with Crippen LogP contribution < -0.4 is 5.32 Å². The molecule has 0 aliphatic heterocycles. The average Bonchev–Trinajstić information content (AvgIpc) is 2.43. The predicted molar refractivity (Wildman–Crippen MR) is 86.1 cm³/mol. The van der Waals surface area contributed by atoms with Crippen molar-refractivity contribution in [2.45, 2.75) is 45.7 Å². The van der Waals surface area contributed by atoms with Gasteiger partial charge in [0.15, 0.2) is 0 Å². The molecule has 0 aliphatic rings. The van der Waals surface area contributed by atoms with Crippen LogP contribution in [0.15, 0.2) is 24.3 Å². The monoisotopic (exact) mass is 278 g/mol. The van der Waals surface area contributed by atoms with Gasteiger partial charge in [0, 0.05) is 24.2 Å². The molecule has 114 valence electrons. The van der Waals surface area contributed by atoms with Crippen molar-refractivity contribution in [2.75, 3.05) is 20.6 Å². The minimum atomic E-state index is 0.160. The molecular weight excluding hydrogens is 248 g/mol. The number of aromatic hydroxyl groups is 1. The third-order valence-corrected chi connectivity index (χ3v) is 4.29. The van der Waals surface area contributed by atoms with Crippen molar-refractivity contribution < 1.29 is 5.11 Å². The van der Waals surface area contributed by atoms with Crippen LogP contribution in [0.5, 0.6) is 5.75 Å². The van der Waals surface area contributed by atoms with Crippen LogP contribution in [0.4, 0.5) is 0 Å². The zero-order valence-corrected chi connectivity index (χ0v) is 13.6. The number of nitrogens with one attached hydrogen (secondary N) is 1.